The van der Waals surface area contributed by atoms with Crippen LogP contribution in [0.3, 0.4) is 0 Å². The number of nitrogens with one attached hydrogen (secondary N) is 1. The second kappa shape index (κ2) is 6.86. The van der Waals surface area contributed by atoms with E-state index in [1.165, 1.54) is 4.90 Å². The van der Waals surface area contributed by atoms with Gasteiger partial charge in [-0.15, -0.1) is 0 Å². The quantitative estimate of drug-likeness (QED) is 0.859. The summed E-state index contributed by atoms with van der Waals surface area (Å²) in [6, 6.07) is 9.53. The van der Waals surface area contributed by atoms with Gasteiger partial charge < -0.3 is 5.32 Å². The monoisotopic (exact) mass is 351 g/mol. The highest BCUT2D eigenvalue weighted by atomic mass is 16.2. The fraction of sp³-hybridized carbons (Fsp3) is 0.400. The van der Waals surface area contributed by atoms with Crippen molar-refractivity contribution in [2.45, 2.75) is 32.1 Å². The SMILES string of the molecule is O=C(CCN1C(=O)[C@H]2CCCC[C@H]2C1=O)Nc1cnc2ccccc2c1. The van der Waals surface area contributed by atoms with Gasteiger partial charge in [0.05, 0.1) is 29.2 Å². The van der Waals surface area contributed by atoms with E-state index in [0.717, 1.165) is 36.6 Å². The van der Waals surface area contributed by atoms with Gasteiger partial charge in [-0.25, -0.2) is 0 Å². The summed E-state index contributed by atoms with van der Waals surface area (Å²) in [7, 11) is 0. The molecule has 0 radical (unpaired) electrons. The maximum atomic E-state index is 12.4. The molecule has 1 aromatic heterocycles. The number of aromatic nitrogens is 1. The molecule has 1 aliphatic heterocycles. The minimum absolute atomic E-state index is 0.0973. The highest BCUT2D eigenvalue weighted by Gasteiger charge is 2.47. The van der Waals surface area contributed by atoms with Crippen LogP contribution < -0.4 is 5.32 Å². The van der Waals surface area contributed by atoms with Crippen molar-refractivity contribution < 1.29 is 14.4 Å². The number of anilines is 1. The number of rotatable bonds is 4. The summed E-state index contributed by atoms with van der Waals surface area (Å²) >= 11 is 0. The van der Waals surface area contributed by atoms with Crippen LogP contribution in [0.25, 0.3) is 10.9 Å². The number of amides is 3. The van der Waals surface area contributed by atoms with E-state index in [1.807, 2.05) is 30.3 Å². The lowest BCUT2D eigenvalue weighted by Crippen LogP contribution is -2.34. The molecule has 1 N–H and O–H groups in total. The molecule has 0 unspecified atom stereocenters. The van der Waals surface area contributed by atoms with Crippen LogP contribution in [0.5, 0.6) is 0 Å². The van der Waals surface area contributed by atoms with E-state index in [1.54, 1.807) is 6.20 Å². The zero-order chi connectivity index (χ0) is 18.1. The average Bonchev–Trinajstić information content (AvgIpc) is 2.91. The van der Waals surface area contributed by atoms with Gasteiger partial charge in [0.25, 0.3) is 0 Å². The van der Waals surface area contributed by atoms with Crippen LogP contribution >= 0.6 is 0 Å². The van der Waals surface area contributed by atoms with Crippen LogP contribution in [0.1, 0.15) is 32.1 Å². The van der Waals surface area contributed by atoms with Crippen molar-refractivity contribution in [2.24, 2.45) is 11.8 Å². The van der Waals surface area contributed by atoms with Crippen LogP contribution in [-0.2, 0) is 14.4 Å². The molecular weight excluding hydrogens is 330 g/mol. The third kappa shape index (κ3) is 3.07. The molecule has 0 bridgehead atoms. The Morgan fingerprint density at radius 1 is 1.12 bits per heavy atom. The van der Waals surface area contributed by atoms with Crippen LogP contribution in [0.15, 0.2) is 36.5 Å². The smallest absolute Gasteiger partial charge is 0.233 e. The van der Waals surface area contributed by atoms with Gasteiger partial charge in [-0.2, -0.15) is 0 Å². The number of imide groups is 1. The van der Waals surface area contributed by atoms with Crippen molar-refractivity contribution in [1.29, 1.82) is 0 Å². The Morgan fingerprint density at radius 2 is 1.81 bits per heavy atom. The minimum atomic E-state index is -0.224. The molecule has 1 aliphatic carbocycles. The maximum absolute atomic E-state index is 12.4. The van der Waals surface area contributed by atoms with Gasteiger partial charge in [0.15, 0.2) is 0 Å². The van der Waals surface area contributed by atoms with Crippen molar-refractivity contribution in [3.63, 3.8) is 0 Å². The summed E-state index contributed by atoms with van der Waals surface area (Å²) in [6.07, 6.45) is 5.30. The van der Waals surface area contributed by atoms with Gasteiger partial charge >= 0.3 is 0 Å². The van der Waals surface area contributed by atoms with Crippen molar-refractivity contribution in [3.8, 4) is 0 Å². The van der Waals surface area contributed by atoms with Crippen LogP contribution in [0.4, 0.5) is 5.69 Å². The Bertz CT molecular complexity index is 855. The Labute approximate surface area is 151 Å². The van der Waals surface area contributed by atoms with Crippen LogP contribution in [0, 0.1) is 11.8 Å². The summed E-state index contributed by atoms with van der Waals surface area (Å²) in [4.78, 5) is 42.7. The molecule has 2 aliphatic rings. The Kier molecular flexibility index (Phi) is 4.41. The summed E-state index contributed by atoms with van der Waals surface area (Å²) in [5, 5.41) is 3.74. The average molecular weight is 351 g/mol. The van der Waals surface area contributed by atoms with Crippen molar-refractivity contribution >= 4 is 34.3 Å². The predicted octanol–water partition coefficient (Wildman–Crippen LogP) is 2.74. The van der Waals surface area contributed by atoms with E-state index in [4.69, 9.17) is 0 Å². The van der Waals surface area contributed by atoms with E-state index in [9.17, 15) is 14.4 Å². The first-order valence-electron chi connectivity index (χ1n) is 9.13. The second-order valence-electron chi connectivity index (χ2n) is 7.04. The number of benzene rings is 1. The van der Waals surface area contributed by atoms with E-state index in [2.05, 4.69) is 10.3 Å². The first kappa shape index (κ1) is 16.7. The fourth-order valence-corrected chi connectivity index (χ4v) is 4.03. The molecule has 6 nitrogen and oxygen atoms in total. The molecule has 1 saturated carbocycles. The number of para-hydroxylation sites is 1. The second-order valence-corrected chi connectivity index (χ2v) is 7.04. The fourth-order valence-electron chi connectivity index (χ4n) is 4.03. The lowest BCUT2D eigenvalue weighted by molar-refractivity contribution is -0.140. The van der Waals surface area contributed by atoms with Gasteiger partial charge in [0.2, 0.25) is 17.7 Å². The molecule has 6 heteroatoms. The van der Waals surface area contributed by atoms with Crippen LogP contribution in [0.2, 0.25) is 0 Å². The number of pyridine rings is 1. The molecular formula is C20H21N3O3. The van der Waals surface area contributed by atoms with Gasteiger partial charge in [-0.05, 0) is 25.0 Å². The molecule has 1 aromatic carbocycles. The highest BCUT2D eigenvalue weighted by Crippen LogP contribution is 2.37. The molecule has 26 heavy (non-hydrogen) atoms. The first-order valence-corrected chi connectivity index (χ1v) is 9.13. The van der Waals surface area contributed by atoms with E-state index in [0.29, 0.717) is 5.69 Å². The molecule has 2 heterocycles. The largest absolute Gasteiger partial charge is 0.325 e. The van der Waals surface area contributed by atoms with Gasteiger partial charge in [0.1, 0.15) is 0 Å². The molecule has 3 amide bonds. The molecule has 2 atom stereocenters. The number of hydrogen-bond donors (Lipinski definition) is 1. The van der Waals surface area contributed by atoms with E-state index in [-0.39, 0.29) is 42.5 Å². The molecule has 2 aromatic rings. The van der Waals surface area contributed by atoms with Gasteiger partial charge in [0, 0.05) is 18.4 Å². The van der Waals surface area contributed by atoms with Gasteiger partial charge in [-0.3, -0.25) is 24.3 Å². The normalized spacial score (nSPS) is 22.5. The molecule has 4 rings (SSSR count). The topological polar surface area (TPSA) is 79.4 Å². The number of hydrogen-bond acceptors (Lipinski definition) is 4. The Balaban J connectivity index is 1.37. The number of fused-ring (bicyclic) bond motifs is 2. The molecule has 1 saturated heterocycles. The first-order chi connectivity index (χ1) is 12.6. The van der Waals surface area contributed by atoms with Crippen molar-refractivity contribution in [1.82, 2.24) is 9.88 Å². The van der Waals surface area contributed by atoms with E-state index >= 15 is 0 Å². The van der Waals surface area contributed by atoms with Gasteiger partial charge in [-0.1, -0.05) is 31.0 Å². The lowest BCUT2D eigenvalue weighted by atomic mass is 9.81. The number of carbonyl (C=O) groups excluding carboxylic acids is 3. The van der Waals surface area contributed by atoms with Crippen LogP contribution in [-0.4, -0.2) is 34.2 Å². The Morgan fingerprint density at radius 3 is 2.54 bits per heavy atom. The molecule has 0 spiro atoms. The lowest BCUT2D eigenvalue weighted by Gasteiger charge is -2.19. The zero-order valence-corrected chi connectivity index (χ0v) is 14.5. The number of nitrogens with zero attached hydrogens (tertiary/aromatic N) is 2. The third-order valence-electron chi connectivity index (χ3n) is 5.37. The zero-order valence-electron chi connectivity index (χ0n) is 14.5. The standard InChI is InChI=1S/C20H21N3O3/c24-18(22-14-11-13-5-1-4-8-17(13)21-12-14)9-10-23-19(25)15-6-2-3-7-16(15)20(23)26/h1,4-5,8,11-12,15-16H,2-3,6-7,9-10H2,(H,22,24)/t15-,16+. The summed E-state index contributed by atoms with van der Waals surface area (Å²) in [5.41, 5.74) is 1.47. The Hall–Kier alpha value is -2.76. The highest BCUT2D eigenvalue weighted by molar-refractivity contribution is 6.05. The summed E-state index contributed by atoms with van der Waals surface area (Å²) in [6.45, 7) is 0.150. The predicted molar refractivity (Wildman–Crippen MR) is 97.2 cm³/mol. The molecule has 2 fully saturated rings. The summed E-state index contributed by atoms with van der Waals surface area (Å²) in [5.74, 6) is -0.745. The number of carbonyl (C=O) groups is 3. The number of likely N-dealkylation sites (tertiary alicyclic amines) is 1. The third-order valence-corrected chi connectivity index (χ3v) is 5.37. The van der Waals surface area contributed by atoms with Crippen molar-refractivity contribution in [3.05, 3.63) is 36.5 Å². The summed E-state index contributed by atoms with van der Waals surface area (Å²) < 4.78 is 0. The minimum Gasteiger partial charge on any atom is -0.325 e. The van der Waals surface area contributed by atoms with Crippen molar-refractivity contribution in [2.75, 3.05) is 11.9 Å². The molecule has 134 valence electrons. The maximum Gasteiger partial charge on any atom is 0.233 e. The van der Waals surface area contributed by atoms with E-state index < -0.39 is 0 Å².